The number of ether oxygens (including phenoxy) is 1. The number of hydrogen-bond acceptors (Lipinski definition) is 4. The molecule has 0 aliphatic rings. The first kappa shape index (κ1) is 15.7. The fraction of sp³-hybridized carbons (Fsp3) is 0.462. The second kappa shape index (κ2) is 7.25. The Kier molecular flexibility index (Phi) is 5.98. The van der Waals surface area contributed by atoms with Crippen LogP contribution in [0, 0.1) is 0 Å². The maximum absolute atomic E-state index is 12.1. The van der Waals surface area contributed by atoms with Crippen molar-refractivity contribution in [1.29, 1.82) is 0 Å². The lowest BCUT2D eigenvalue weighted by molar-refractivity contribution is -0.140. The summed E-state index contributed by atoms with van der Waals surface area (Å²) in [5.41, 5.74) is 0.959. The minimum absolute atomic E-state index is 0.0121. The third-order valence-electron chi connectivity index (χ3n) is 2.77. The van der Waals surface area contributed by atoms with Crippen molar-refractivity contribution in [2.24, 2.45) is 0 Å². The molecule has 0 aliphatic carbocycles. The summed E-state index contributed by atoms with van der Waals surface area (Å²) in [6.07, 6.45) is 0.431. The van der Waals surface area contributed by atoms with Gasteiger partial charge in [-0.1, -0.05) is 37.3 Å². The van der Waals surface area contributed by atoms with Crippen molar-refractivity contribution >= 4 is 16.0 Å². The SMILES string of the molecule is CCN(CC(=O)OC)S(=O)(=O)CCc1ccccc1. The molecule has 5 nitrogen and oxygen atoms in total. The number of hydrogen-bond donors (Lipinski definition) is 0. The van der Waals surface area contributed by atoms with E-state index in [0.29, 0.717) is 6.42 Å². The summed E-state index contributed by atoms with van der Waals surface area (Å²) in [6, 6.07) is 9.38. The lowest BCUT2D eigenvalue weighted by atomic mass is 10.2. The van der Waals surface area contributed by atoms with Crippen LogP contribution in [-0.4, -0.2) is 44.6 Å². The molecule has 0 saturated heterocycles. The molecule has 1 aromatic carbocycles. The quantitative estimate of drug-likeness (QED) is 0.703. The lowest BCUT2D eigenvalue weighted by Crippen LogP contribution is -2.37. The number of methoxy groups -OCH3 is 1. The lowest BCUT2D eigenvalue weighted by Gasteiger charge is -2.19. The molecule has 0 heterocycles. The van der Waals surface area contributed by atoms with E-state index in [2.05, 4.69) is 4.74 Å². The molecule has 0 N–H and O–H groups in total. The first-order chi connectivity index (χ1) is 8.99. The molecule has 106 valence electrons. The molecule has 0 spiro atoms. The van der Waals surface area contributed by atoms with Gasteiger partial charge in [0.1, 0.15) is 6.54 Å². The zero-order chi connectivity index (χ0) is 14.3. The molecule has 0 bridgehead atoms. The third kappa shape index (κ3) is 5.00. The Labute approximate surface area is 114 Å². The second-order valence-electron chi connectivity index (χ2n) is 4.05. The van der Waals surface area contributed by atoms with Gasteiger partial charge in [0.2, 0.25) is 10.0 Å². The molecule has 6 heteroatoms. The van der Waals surface area contributed by atoms with Crippen LogP contribution in [0.25, 0.3) is 0 Å². The van der Waals surface area contributed by atoms with E-state index < -0.39 is 16.0 Å². The van der Waals surface area contributed by atoms with Gasteiger partial charge in [-0.25, -0.2) is 8.42 Å². The van der Waals surface area contributed by atoms with E-state index in [1.165, 1.54) is 7.11 Å². The van der Waals surface area contributed by atoms with Gasteiger partial charge in [-0.15, -0.1) is 0 Å². The van der Waals surface area contributed by atoms with Crippen LogP contribution in [0.1, 0.15) is 12.5 Å². The number of carbonyl (C=O) groups excluding carboxylic acids is 1. The van der Waals surface area contributed by atoms with Crippen LogP contribution in [0.15, 0.2) is 30.3 Å². The van der Waals surface area contributed by atoms with Gasteiger partial charge < -0.3 is 4.74 Å². The Balaban J connectivity index is 2.65. The first-order valence-electron chi connectivity index (χ1n) is 6.08. The zero-order valence-electron chi connectivity index (χ0n) is 11.2. The monoisotopic (exact) mass is 285 g/mol. The smallest absolute Gasteiger partial charge is 0.321 e. The van der Waals surface area contributed by atoms with E-state index in [9.17, 15) is 13.2 Å². The van der Waals surface area contributed by atoms with Crippen molar-refractivity contribution in [3.63, 3.8) is 0 Å². The van der Waals surface area contributed by atoms with Crippen LogP contribution in [-0.2, 0) is 26.0 Å². The molecular formula is C13H19NO4S. The van der Waals surface area contributed by atoms with E-state index in [1.54, 1.807) is 6.92 Å². The Morgan fingerprint density at radius 1 is 1.26 bits per heavy atom. The predicted octanol–water partition coefficient (Wildman–Crippen LogP) is 1.05. The number of likely N-dealkylation sites (N-methyl/N-ethyl adjacent to an activating group) is 1. The Bertz CT molecular complexity index is 499. The highest BCUT2D eigenvalue weighted by molar-refractivity contribution is 7.89. The van der Waals surface area contributed by atoms with E-state index in [4.69, 9.17) is 0 Å². The fourth-order valence-corrected chi connectivity index (χ4v) is 3.08. The minimum atomic E-state index is -3.44. The molecule has 0 saturated carbocycles. The Morgan fingerprint density at radius 3 is 2.42 bits per heavy atom. The molecule has 0 radical (unpaired) electrons. The minimum Gasteiger partial charge on any atom is -0.468 e. The predicted molar refractivity (Wildman–Crippen MR) is 73.2 cm³/mol. The van der Waals surface area contributed by atoms with Crippen molar-refractivity contribution in [1.82, 2.24) is 4.31 Å². The maximum Gasteiger partial charge on any atom is 0.321 e. The normalized spacial score (nSPS) is 11.5. The van der Waals surface area contributed by atoms with E-state index in [0.717, 1.165) is 9.87 Å². The summed E-state index contributed by atoms with van der Waals surface area (Å²) in [5, 5.41) is 0. The van der Waals surface area contributed by atoms with Crippen molar-refractivity contribution in [2.75, 3.05) is 26.0 Å². The maximum atomic E-state index is 12.1. The van der Waals surface area contributed by atoms with Crippen LogP contribution in [0.5, 0.6) is 0 Å². The Hall–Kier alpha value is -1.40. The Morgan fingerprint density at radius 2 is 1.89 bits per heavy atom. The van der Waals surface area contributed by atoms with Crippen molar-refractivity contribution in [3.8, 4) is 0 Å². The number of carbonyl (C=O) groups is 1. The van der Waals surface area contributed by atoms with E-state index >= 15 is 0 Å². The fourth-order valence-electron chi connectivity index (χ4n) is 1.64. The molecule has 1 rings (SSSR count). The van der Waals surface area contributed by atoms with Gasteiger partial charge in [-0.05, 0) is 12.0 Å². The number of benzene rings is 1. The molecule has 0 aromatic heterocycles. The van der Waals surface area contributed by atoms with Crippen LogP contribution in [0.2, 0.25) is 0 Å². The second-order valence-corrected chi connectivity index (χ2v) is 6.14. The summed E-state index contributed by atoms with van der Waals surface area (Å²) in [4.78, 5) is 11.2. The molecule has 19 heavy (non-hydrogen) atoms. The van der Waals surface area contributed by atoms with Gasteiger partial charge in [-0.2, -0.15) is 4.31 Å². The van der Waals surface area contributed by atoms with Crippen molar-refractivity contribution in [3.05, 3.63) is 35.9 Å². The average molecular weight is 285 g/mol. The third-order valence-corrected chi connectivity index (χ3v) is 4.66. The van der Waals surface area contributed by atoms with Gasteiger partial charge in [-0.3, -0.25) is 4.79 Å². The zero-order valence-corrected chi connectivity index (χ0v) is 12.0. The summed E-state index contributed by atoms with van der Waals surface area (Å²) >= 11 is 0. The molecule has 0 amide bonds. The number of nitrogens with zero attached hydrogens (tertiary/aromatic N) is 1. The molecule has 0 atom stereocenters. The summed E-state index contributed by atoms with van der Waals surface area (Å²) in [5.74, 6) is -0.563. The number of aryl methyl sites for hydroxylation is 1. The van der Waals surface area contributed by atoms with E-state index in [-0.39, 0.29) is 18.8 Å². The number of sulfonamides is 1. The molecule has 0 fully saturated rings. The van der Waals surface area contributed by atoms with Gasteiger partial charge in [0, 0.05) is 6.54 Å². The number of rotatable bonds is 7. The topological polar surface area (TPSA) is 63.7 Å². The van der Waals surface area contributed by atoms with Crippen LogP contribution >= 0.6 is 0 Å². The first-order valence-corrected chi connectivity index (χ1v) is 7.69. The summed E-state index contributed by atoms with van der Waals surface area (Å²) < 4.78 is 29.8. The highest BCUT2D eigenvalue weighted by atomic mass is 32.2. The molecular weight excluding hydrogens is 266 g/mol. The highest BCUT2D eigenvalue weighted by Gasteiger charge is 2.23. The van der Waals surface area contributed by atoms with Crippen LogP contribution in [0.3, 0.4) is 0 Å². The molecule has 0 unspecified atom stereocenters. The van der Waals surface area contributed by atoms with Crippen molar-refractivity contribution in [2.45, 2.75) is 13.3 Å². The van der Waals surface area contributed by atoms with Crippen molar-refractivity contribution < 1.29 is 17.9 Å². The van der Waals surface area contributed by atoms with Gasteiger partial charge in [0.15, 0.2) is 0 Å². The van der Waals surface area contributed by atoms with E-state index in [1.807, 2.05) is 30.3 Å². The highest BCUT2D eigenvalue weighted by Crippen LogP contribution is 2.07. The van der Waals surface area contributed by atoms with Gasteiger partial charge in [0.05, 0.1) is 12.9 Å². The van der Waals surface area contributed by atoms with Gasteiger partial charge in [0.25, 0.3) is 0 Å². The largest absolute Gasteiger partial charge is 0.468 e. The average Bonchev–Trinajstić information content (AvgIpc) is 2.43. The standard InChI is InChI=1S/C13H19NO4S/c1-3-14(11-13(15)18-2)19(16,17)10-9-12-7-5-4-6-8-12/h4-8H,3,9-11H2,1-2H3. The summed E-state index contributed by atoms with van der Waals surface area (Å²) in [6.45, 7) is 1.72. The molecule has 0 aliphatic heterocycles. The summed E-state index contributed by atoms with van der Waals surface area (Å²) in [7, 11) is -2.20. The van der Waals surface area contributed by atoms with Crippen LogP contribution in [0.4, 0.5) is 0 Å². The van der Waals surface area contributed by atoms with Gasteiger partial charge >= 0.3 is 5.97 Å². The molecule has 1 aromatic rings. The number of esters is 1. The van der Waals surface area contributed by atoms with Crippen LogP contribution < -0.4 is 0 Å².